The van der Waals surface area contributed by atoms with Crippen LogP contribution in [0.5, 0.6) is 0 Å². The van der Waals surface area contributed by atoms with Crippen molar-refractivity contribution in [3.8, 4) is 0 Å². The van der Waals surface area contributed by atoms with E-state index in [1.807, 2.05) is 25.3 Å². The molecule has 1 atom stereocenters. The van der Waals surface area contributed by atoms with Crippen LogP contribution < -0.4 is 5.73 Å². The van der Waals surface area contributed by atoms with Crippen LogP contribution in [-0.2, 0) is 0 Å². The Hall–Kier alpha value is -2.20. The summed E-state index contributed by atoms with van der Waals surface area (Å²) in [7, 11) is 0. The van der Waals surface area contributed by atoms with Crippen molar-refractivity contribution >= 4 is 5.65 Å². The molecule has 4 heteroatoms. The van der Waals surface area contributed by atoms with Gasteiger partial charge in [-0.2, -0.15) is 0 Å². The number of pyridine rings is 2. The van der Waals surface area contributed by atoms with Gasteiger partial charge in [-0.3, -0.25) is 4.98 Å². The zero-order chi connectivity index (χ0) is 13.4. The summed E-state index contributed by atoms with van der Waals surface area (Å²) in [4.78, 5) is 8.62. The highest BCUT2D eigenvalue weighted by Crippen LogP contribution is 2.23. The van der Waals surface area contributed by atoms with Gasteiger partial charge in [0.1, 0.15) is 5.65 Å². The van der Waals surface area contributed by atoms with Gasteiger partial charge in [-0.05, 0) is 49.2 Å². The number of hydrogen-bond donors (Lipinski definition) is 1. The van der Waals surface area contributed by atoms with E-state index in [0.29, 0.717) is 0 Å². The Labute approximate surface area is 111 Å². The van der Waals surface area contributed by atoms with Crippen LogP contribution in [0, 0.1) is 13.8 Å². The van der Waals surface area contributed by atoms with Crippen LogP contribution in [-0.4, -0.2) is 14.4 Å². The van der Waals surface area contributed by atoms with E-state index in [1.54, 1.807) is 12.4 Å². The lowest BCUT2D eigenvalue weighted by Gasteiger charge is -2.13. The van der Waals surface area contributed by atoms with Gasteiger partial charge in [-0.15, -0.1) is 0 Å². The molecular formula is C15H16N4. The van der Waals surface area contributed by atoms with Crippen molar-refractivity contribution in [2.24, 2.45) is 5.73 Å². The molecule has 0 aromatic carbocycles. The fourth-order valence-corrected chi connectivity index (χ4v) is 2.39. The molecule has 3 aromatic heterocycles. The third-order valence-corrected chi connectivity index (χ3v) is 3.36. The maximum Gasteiger partial charge on any atom is 0.137 e. The second-order valence-corrected chi connectivity index (χ2v) is 4.77. The Balaban J connectivity index is 2.17. The first kappa shape index (κ1) is 11.9. The van der Waals surface area contributed by atoms with E-state index in [9.17, 15) is 0 Å². The maximum atomic E-state index is 6.38. The molecule has 0 aliphatic carbocycles. The van der Waals surface area contributed by atoms with Crippen molar-refractivity contribution in [1.29, 1.82) is 0 Å². The van der Waals surface area contributed by atoms with Gasteiger partial charge in [-0.25, -0.2) is 4.98 Å². The van der Waals surface area contributed by atoms with Crippen LogP contribution in [0.3, 0.4) is 0 Å². The molecule has 1 unspecified atom stereocenters. The van der Waals surface area contributed by atoms with Gasteiger partial charge < -0.3 is 10.1 Å². The fraction of sp³-hybridized carbons (Fsp3) is 0.200. The highest BCUT2D eigenvalue weighted by molar-refractivity contribution is 5.47. The number of aromatic nitrogens is 3. The van der Waals surface area contributed by atoms with E-state index in [0.717, 1.165) is 22.6 Å². The standard InChI is InChI=1S/C15H16N4/c1-10-5-8-19-13(9-10)18-11(2)15(19)14(16)12-3-6-17-7-4-12/h3-9,14H,16H2,1-2H3. The second-order valence-electron chi connectivity index (χ2n) is 4.77. The van der Waals surface area contributed by atoms with Gasteiger partial charge in [0.15, 0.2) is 0 Å². The van der Waals surface area contributed by atoms with Crippen LogP contribution in [0.1, 0.15) is 28.6 Å². The number of imidazole rings is 1. The summed E-state index contributed by atoms with van der Waals surface area (Å²) in [5.41, 5.74) is 11.6. The van der Waals surface area contributed by atoms with Crippen molar-refractivity contribution in [3.05, 3.63) is 65.4 Å². The van der Waals surface area contributed by atoms with E-state index in [1.165, 1.54) is 5.56 Å². The van der Waals surface area contributed by atoms with Crippen molar-refractivity contribution < 1.29 is 0 Å². The molecule has 3 rings (SSSR count). The molecule has 4 nitrogen and oxygen atoms in total. The number of hydrogen-bond acceptors (Lipinski definition) is 3. The largest absolute Gasteiger partial charge is 0.319 e. The minimum atomic E-state index is -0.194. The van der Waals surface area contributed by atoms with Crippen LogP contribution in [0.15, 0.2) is 42.9 Å². The molecular weight excluding hydrogens is 236 g/mol. The molecule has 0 saturated heterocycles. The Morgan fingerprint density at radius 3 is 2.63 bits per heavy atom. The summed E-state index contributed by atoms with van der Waals surface area (Å²) >= 11 is 0. The second kappa shape index (κ2) is 4.48. The molecule has 3 heterocycles. The number of nitrogens with two attached hydrogens (primary N) is 1. The molecule has 0 aliphatic heterocycles. The molecule has 0 fully saturated rings. The minimum Gasteiger partial charge on any atom is -0.319 e. The van der Waals surface area contributed by atoms with Crippen LogP contribution in [0.2, 0.25) is 0 Å². The van der Waals surface area contributed by atoms with Crippen LogP contribution in [0.4, 0.5) is 0 Å². The molecule has 2 N–H and O–H groups in total. The molecule has 0 saturated carbocycles. The fourth-order valence-electron chi connectivity index (χ4n) is 2.39. The first-order chi connectivity index (χ1) is 9.16. The van der Waals surface area contributed by atoms with Gasteiger partial charge in [0, 0.05) is 18.6 Å². The molecule has 0 bridgehead atoms. The Bertz CT molecular complexity index is 716. The number of fused-ring (bicyclic) bond motifs is 1. The van der Waals surface area contributed by atoms with E-state index >= 15 is 0 Å². The number of nitrogens with zero attached hydrogens (tertiary/aromatic N) is 3. The maximum absolute atomic E-state index is 6.38. The lowest BCUT2D eigenvalue weighted by molar-refractivity contribution is 0.802. The minimum absolute atomic E-state index is 0.194. The summed E-state index contributed by atoms with van der Waals surface area (Å²) < 4.78 is 2.06. The molecule has 0 aliphatic rings. The summed E-state index contributed by atoms with van der Waals surface area (Å²) in [5, 5.41) is 0. The van der Waals surface area contributed by atoms with Crippen LogP contribution >= 0.6 is 0 Å². The predicted molar refractivity (Wildman–Crippen MR) is 74.9 cm³/mol. The average Bonchev–Trinajstić information content (AvgIpc) is 2.74. The van der Waals surface area contributed by atoms with Gasteiger partial charge in [0.25, 0.3) is 0 Å². The van der Waals surface area contributed by atoms with E-state index < -0.39 is 0 Å². The zero-order valence-corrected chi connectivity index (χ0v) is 11.0. The highest BCUT2D eigenvalue weighted by Gasteiger charge is 2.17. The predicted octanol–water partition coefficient (Wildman–Crippen LogP) is 2.39. The summed E-state index contributed by atoms with van der Waals surface area (Å²) in [6.07, 6.45) is 5.55. The summed E-state index contributed by atoms with van der Waals surface area (Å²) in [6.45, 7) is 4.06. The molecule has 0 amide bonds. The molecule has 0 radical (unpaired) electrons. The lowest BCUT2D eigenvalue weighted by atomic mass is 10.0. The average molecular weight is 252 g/mol. The molecule has 96 valence electrons. The number of aryl methyl sites for hydroxylation is 2. The lowest BCUT2D eigenvalue weighted by Crippen LogP contribution is -2.15. The van der Waals surface area contributed by atoms with Crippen LogP contribution in [0.25, 0.3) is 5.65 Å². The molecule has 3 aromatic rings. The van der Waals surface area contributed by atoms with E-state index in [2.05, 4.69) is 33.4 Å². The molecule has 19 heavy (non-hydrogen) atoms. The third kappa shape index (κ3) is 2.00. The summed E-state index contributed by atoms with van der Waals surface area (Å²) in [6, 6.07) is 7.82. The Kier molecular flexibility index (Phi) is 2.80. The summed E-state index contributed by atoms with van der Waals surface area (Å²) in [5.74, 6) is 0. The van der Waals surface area contributed by atoms with E-state index in [-0.39, 0.29) is 6.04 Å². The zero-order valence-electron chi connectivity index (χ0n) is 11.0. The number of rotatable bonds is 2. The monoisotopic (exact) mass is 252 g/mol. The smallest absolute Gasteiger partial charge is 0.137 e. The first-order valence-corrected chi connectivity index (χ1v) is 6.27. The van der Waals surface area contributed by atoms with Gasteiger partial charge in [-0.1, -0.05) is 0 Å². The van der Waals surface area contributed by atoms with Crippen molar-refractivity contribution in [2.75, 3.05) is 0 Å². The van der Waals surface area contributed by atoms with E-state index in [4.69, 9.17) is 5.73 Å². The Morgan fingerprint density at radius 1 is 1.16 bits per heavy atom. The molecule has 0 spiro atoms. The van der Waals surface area contributed by atoms with Gasteiger partial charge in [0.05, 0.1) is 17.4 Å². The topological polar surface area (TPSA) is 56.2 Å². The first-order valence-electron chi connectivity index (χ1n) is 6.27. The third-order valence-electron chi connectivity index (χ3n) is 3.36. The quantitative estimate of drug-likeness (QED) is 0.762. The normalized spacial score (nSPS) is 12.8. The highest BCUT2D eigenvalue weighted by atomic mass is 15.0. The SMILES string of the molecule is Cc1ccn2c(C(N)c3ccncc3)c(C)nc2c1. The Morgan fingerprint density at radius 2 is 1.89 bits per heavy atom. The van der Waals surface area contributed by atoms with Gasteiger partial charge >= 0.3 is 0 Å². The van der Waals surface area contributed by atoms with Crippen molar-refractivity contribution in [3.63, 3.8) is 0 Å². The van der Waals surface area contributed by atoms with Crippen molar-refractivity contribution in [1.82, 2.24) is 14.4 Å². The van der Waals surface area contributed by atoms with Crippen molar-refractivity contribution in [2.45, 2.75) is 19.9 Å². The van der Waals surface area contributed by atoms with Gasteiger partial charge in [0.2, 0.25) is 0 Å².